The first-order valence-corrected chi connectivity index (χ1v) is 9.59. The topological polar surface area (TPSA) is 66.0 Å². The maximum absolute atomic E-state index is 11.0. The molecule has 3 rings (SSSR count). The highest BCUT2D eigenvalue weighted by atomic mass is 79.9. The van der Waals surface area contributed by atoms with Crippen LogP contribution in [0.25, 0.3) is 17.3 Å². The Hall–Kier alpha value is -2.81. The summed E-state index contributed by atoms with van der Waals surface area (Å²) in [6.07, 6.45) is 1.81. The quantitative estimate of drug-likeness (QED) is 0.471. The van der Waals surface area contributed by atoms with E-state index in [1.165, 1.54) is 12.1 Å². The minimum absolute atomic E-state index is 0.186. The number of aromatic nitrogens is 1. The average molecular weight is 456 g/mol. The van der Waals surface area contributed by atoms with E-state index in [0.29, 0.717) is 16.2 Å². The molecular formula is C22H16BrClN2O2. The molecule has 0 bridgehead atoms. The van der Waals surface area contributed by atoms with Crippen LogP contribution in [0.15, 0.2) is 53.0 Å². The fourth-order valence-corrected chi connectivity index (χ4v) is 3.50. The van der Waals surface area contributed by atoms with Gasteiger partial charge in [-0.15, -0.1) is 0 Å². The smallest absolute Gasteiger partial charge is 0.335 e. The van der Waals surface area contributed by atoms with Gasteiger partial charge in [-0.2, -0.15) is 5.26 Å². The molecule has 1 N–H and O–H groups in total. The van der Waals surface area contributed by atoms with Gasteiger partial charge in [0, 0.05) is 21.5 Å². The van der Waals surface area contributed by atoms with Gasteiger partial charge in [-0.05, 0) is 83.4 Å². The van der Waals surface area contributed by atoms with E-state index in [-0.39, 0.29) is 5.56 Å². The molecule has 0 aliphatic heterocycles. The van der Waals surface area contributed by atoms with E-state index in [4.69, 9.17) is 16.7 Å². The summed E-state index contributed by atoms with van der Waals surface area (Å²) in [7, 11) is 0. The maximum atomic E-state index is 11.0. The highest BCUT2D eigenvalue weighted by Gasteiger charge is 2.12. The van der Waals surface area contributed by atoms with E-state index in [2.05, 4.69) is 26.6 Å². The first-order chi connectivity index (χ1) is 13.3. The third-order valence-electron chi connectivity index (χ3n) is 4.49. The lowest BCUT2D eigenvalue weighted by atomic mass is 10.0. The Balaban J connectivity index is 2.05. The Bertz CT molecular complexity index is 1140. The van der Waals surface area contributed by atoms with Gasteiger partial charge in [-0.3, -0.25) is 0 Å². The van der Waals surface area contributed by atoms with Crippen LogP contribution < -0.4 is 0 Å². The molecule has 1 heterocycles. The number of allylic oxidation sites excluding steroid dienone is 1. The molecule has 0 spiro atoms. The molecule has 1 aromatic heterocycles. The van der Waals surface area contributed by atoms with Crippen molar-refractivity contribution in [2.45, 2.75) is 13.8 Å². The third kappa shape index (κ3) is 3.89. The van der Waals surface area contributed by atoms with Crippen LogP contribution in [-0.2, 0) is 0 Å². The van der Waals surface area contributed by atoms with Crippen LogP contribution in [0.3, 0.4) is 0 Å². The first-order valence-electron chi connectivity index (χ1n) is 8.41. The van der Waals surface area contributed by atoms with Gasteiger partial charge in [0.2, 0.25) is 0 Å². The van der Waals surface area contributed by atoms with Crippen LogP contribution in [0.4, 0.5) is 0 Å². The second-order valence-electron chi connectivity index (χ2n) is 6.31. The number of nitrogens with zero attached hydrogens (tertiary/aromatic N) is 2. The molecule has 28 heavy (non-hydrogen) atoms. The standard InChI is InChI=1S/C22H16BrClN2O2/c1-13-9-17(14(2)26(13)19-7-8-20(23)21(24)11-19)10-18(12-25)15-3-5-16(6-4-15)22(27)28/h3-11H,1-2H3,(H,27,28)/b18-10-. The van der Waals surface area contributed by atoms with Crippen LogP contribution in [-0.4, -0.2) is 15.6 Å². The molecule has 0 fully saturated rings. The number of carbonyl (C=O) groups is 1. The lowest BCUT2D eigenvalue weighted by Crippen LogP contribution is -1.99. The number of hydrogen-bond acceptors (Lipinski definition) is 2. The molecule has 0 atom stereocenters. The zero-order chi connectivity index (χ0) is 20.4. The number of rotatable bonds is 4. The predicted octanol–water partition coefficient (Wildman–Crippen LogP) is 6.27. The number of carboxylic acids is 1. The van der Waals surface area contributed by atoms with Crippen molar-refractivity contribution in [1.82, 2.24) is 4.57 Å². The second kappa shape index (κ2) is 8.05. The van der Waals surface area contributed by atoms with E-state index in [9.17, 15) is 10.1 Å². The van der Waals surface area contributed by atoms with E-state index < -0.39 is 5.97 Å². The molecule has 140 valence electrons. The predicted molar refractivity (Wildman–Crippen MR) is 115 cm³/mol. The summed E-state index contributed by atoms with van der Waals surface area (Å²) >= 11 is 9.64. The number of hydrogen-bond donors (Lipinski definition) is 1. The molecule has 0 saturated carbocycles. The largest absolute Gasteiger partial charge is 0.478 e. The zero-order valence-corrected chi connectivity index (χ0v) is 17.5. The first kappa shape index (κ1) is 19.9. The van der Waals surface area contributed by atoms with E-state index in [1.54, 1.807) is 12.1 Å². The summed E-state index contributed by atoms with van der Waals surface area (Å²) in [5.41, 5.74) is 5.16. The number of aryl methyl sites for hydroxylation is 1. The van der Waals surface area contributed by atoms with Crippen LogP contribution in [0, 0.1) is 25.2 Å². The molecule has 2 aromatic carbocycles. The number of benzene rings is 2. The van der Waals surface area contributed by atoms with Gasteiger partial charge < -0.3 is 9.67 Å². The molecule has 0 radical (unpaired) electrons. The van der Waals surface area contributed by atoms with Gasteiger partial charge in [-0.25, -0.2) is 4.79 Å². The van der Waals surface area contributed by atoms with Crippen molar-refractivity contribution >= 4 is 45.1 Å². The summed E-state index contributed by atoms with van der Waals surface area (Å²) in [6.45, 7) is 3.98. The molecule has 6 heteroatoms. The highest BCUT2D eigenvalue weighted by Crippen LogP contribution is 2.29. The van der Waals surface area contributed by atoms with Crippen LogP contribution in [0.5, 0.6) is 0 Å². The molecule has 0 saturated heterocycles. The van der Waals surface area contributed by atoms with Gasteiger partial charge in [-0.1, -0.05) is 23.7 Å². The van der Waals surface area contributed by atoms with Gasteiger partial charge in [0.1, 0.15) is 0 Å². The van der Waals surface area contributed by atoms with Crippen LogP contribution >= 0.6 is 27.5 Å². The van der Waals surface area contributed by atoms with Gasteiger partial charge in [0.05, 0.1) is 22.2 Å². The minimum Gasteiger partial charge on any atom is -0.478 e. The number of halogens is 2. The van der Waals surface area contributed by atoms with Gasteiger partial charge in [0.25, 0.3) is 0 Å². The fraction of sp³-hybridized carbons (Fsp3) is 0.0909. The van der Waals surface area contributed by atoms with E-state index in [0.717, 1.165) is 27.1 Å². The van der Waals surface area contributed by atoms with Crippen molar-refractivity contribution < 1.29 is 9.90 Å². The van der Waals surface area contributed by atoms with Crippen molar-refractivity contribution in [2.24, 2.45) is 0 Å². The minimum atomic E-state index is -0.995. The summed E-state index contributed by atoms with van der Waals surface area (Å²) in [5.74, 6) is -0.995. The summed E-state index contributed by atoms with van der Waals surface area (Å²) in [6, 6.07) is 16.3. The fourth-order valence-electron chi connectivity index (χ4n) is 3.08. The van der Waals surface area contributed by atoms with Crippen molar-refractivity contribution in [3.05, 3.63) is 86.1 Å². The van der Waals surface area contributed by atoms with E-state index in [1.807, 2.05) is 44.2 Å². The SMILES string of the molecule is Cc1cc(/C=C(/C#N)c2ccc(C(=O)O)cc2)c(C)n1-c1ccc(Br)c(Cl)c1. The lowest BCUT2D eigenvalue weighted by Gasteiger charge is -2.11. The Morgan fingerprint density at radius 3 is 2.36 bits per heavy atom. The Kier molecular flexibility index (Phi) is 5.73. The molecular weight excluding hydrogens is 440 g/mol. The zero-order valence-electron chi connectivity index (χ0n) is 15.2. The van der Waals surface area contributed by atoms with E-state index >= 15 is 0 Å². The molecule has 4 nitrogen and oxygen atoms in total. The number of carboxylic acid groups (broad SMARTS) is 1. The number of aromatic carboxylic acids is 1. The summed E-state index contributed by atoms with van der Waals surface area (Å²) < 4.78 is 2.91. The Labute approximate surface area is 176 Å². The molecule has 0 aliphatic rings. The summed E-state index contributed by atoms with van der Waals surface area (Å²) in [4.78, 5) is 11.0. The average Bonchev–Trinajstić information content (AvgIpc) is 2.95. The van der Waals surface area contributed by atoms with Crippen molar-refractivity contribution in [3.8, 4) is 11.8 Å². The lowest BCUT2D eigenvalue weighted by molar-refractivity contribution is 0.0697. The van der Waals surface area contributed by atoms with Crippen LogP contribution in [0.2, 0.25) is 5.02 Å². The number of nitriles is 1. The van der Waals surface area contributed by atoms with Gasteiger partial charge >= 0.3 is 5.97 Å². The van der Waals surface area contributed by atoms with Crippen LogP contribution in [0.1, 0.15) is 32.9 Å². The second-order valence-corrected chi connectivity index (χ2v) is 7.57. The highest BCUT2D eigenvalue weighted by molar-refractivity contribution is 9.10. The van der Waals surface area contributed by atoms with Crippen molar-refractivity contribution in [1.29, 1.82) is 5.26 Å². The normalized spacial score (nSPS) is 11.3. The monoisotopic (exact) mass is 454 g/mol. The maximum Gasteiger partial charge on any atom is 0.335 e. The van der Waals surface area contributed by atoms with Gasteiger partial charge in [0.15, 0.2) is 0 Å². The third-order valence-corrected chi connectivity index (χ3v) is 5.73. The van der Waals surface area contributed by atoms with Crippen molar-refractivity contribution in [2.75, 3.05) is 0 Å². The molecule has 0 unspecified atom stereocenters. The molecule has 0 aliphatic carbocycles. The molecule has 0 amide bonds. The summed E-state index contributed by atoms with van der Waals surface area (Å²) in [5, 5.41) is 19.3. The molecule has 3 aromatic rings. The Morgan fingerprint density at radius 1 is 1.14 bits per heavy atom. The Morgan fingerprint density at radius 2 is 1.79 bits per heavy atom. The van der Waals surface area contributed by atoms with Crippen molar-refractivity contribution in [3.63, 3.8) is 0 Å².